The van der Waals surface area contributed by atoms with Crippen LogP contribution in [0.25, 0.3) is 0 Å². The van der Waals surface area contributed by atoms with Crippen LogP contribution < -0.4 is 0 Å². The summed E-state index contributed by atoms with van der Waals surface area (Å²) in [5.74, 6) is 0.444. The molecule has 2 atom stereocenters. The summed E-state index contributed by atoms with van der Waals surface area (Å²) in [6, 6.07) is 0. The molecule has 0 amide bonds. The van der Waals surface area contributed by atoms with Crippen LogP contribution in [0.5, 0.6) is 0 Å². The summed E-state index contributed by atoms with van der Waals surface area (Å²) in [5.41, 5.74) is 0.185. The quantitative estimate of drug-likeness (QED) is 0.673. The lowest BCUT2D eigenvalue weighted by molar-refractivity contribution is -0.147. The van der Waals surface area contributed by atoms with Crippen molar-refractivity contribution in [2.75, 3.05) is 13.2 Å². The molecule has 0 bridgehead atoms. The molecule has 0 spiro atoms. The van der Waals surface area contributed by atoms with Crippen molar-refractivity contribution in [3.63, 3.8) is 0 Å². The molecule has 0 saturated heterocycles. The van der Waals surface area contributed by atoms with Crippen molar-refractivity contribution < 1.29 is 9.84 Å². The first-order chi connectivity index (χ1) is 5.12. The van der Waals surface area contributed by atoms with Crippen molar-refractivity contribution in [3.05, 3.63) is 0 Å². The van der Waals surface area contributed by atoms with Gasteiger partial charge in [0.25, 0.3) is 0 Å². The molecule has 2 heteroatoms. The van der Waals surface area contributed by atoms with Gasteiger partial charge in [-0.25, -0.2) is 0 Å². The van der Waals surface area contributed by atoms with E-state index in [1.54, 1.807) is 0 Å². The van der Waals surface area contributed by atoms with E-state index in [9.17, 15) is 0 Å². The molecule has 1 saturated carbocycles. The van der Waals surface area contributed by atoms with Crippen LogP contribution in [0.3, 0.4) is 0 Å². The van der Waals surface area contributed by atoms with E-state index >= 15 is 0 Å². The zero-order chi connectivity index (χ0) is 8.48. The van der Waals surface area contributed by atoms with Gasteiger partial charge in [-0.1, -0.05) is 13.8 Å². The lowest BCUT2D eigenvalue weighted by Gasteiger charge is -2.50. The first-order valence-corrected chi connectivity index (χ1v) is 4.35. The van der Waals surface area contributed by atoms with Crippen LogP contribution in [-0.4, -0.2) is 24.4 Å². The van der Waals surface area contributed by atoms with Gasteiger partial charge in [0, 0.05) is 13.2 Å². The van der Waals surface area contributed by atoms with Crippen molar-refractivity contribution in [1.82, 2.24) is 0 Å². The topological polar surface area (TPSA) is 29.5 Å². The van der Waals surface area contributed by atoms with E-state index in [1.165, 1.54) is 0 Å². The molecule has 0 aliphatic heterocycles. The fourth-order valence-corrected chi connectivity index (χ4v) is 1.76. The molecule has 2 nitrogen and oxygen atoms in total. The maximum atomic E-state index is 8.95. The standard InChI is InChI=1S/C9H18O2/c1-4-11-8-5-7(6-10)9(8,2)3/h7-8,10H,4-6H2,1-3H3. The molecule has 0 heterocycles. The SMILES string of the molecule is CCOC1CC(CO)C1(C)C. The Morgan fingerprint density at radius 1 is 1.55 bits per heavy atom. The monoisotopic (exact) mass is 158 g/mol. The molecule has 66 valence electrons. The normalized spacial score (nSPS) is 34.9. The average Bonchev–Trinajstić information content (AvgIpc) is 1.97. The molecular weight excluding hydrogens is 140 g/mol. The number of hydrogen-bond acceptors (Lipinski definition) is 2. The molecular formula is C9H18O2. The molecule has 11 heavy (non-hydrogen) atoms. The van der Waals surface area contributed by atoms with Crippen LogP contribution in [0.1, 0.15) is 27.2 Å². The third kappa shape index (κ3) is 1.42. The minimum Gasteiger partial charge on any atom is -0.396 e. The molecule has 1 rings (SSSR count). The Morgan fingerprint density at radius 2 is 2.18 bits per heavy atom. The molecule has 1 fully saturated rings. The van der Waals surface area contributed by atoms with E-state index in [4.69, 9.17) is 9.84 Å². The predicted molar refractivity (Wildman–Crippen MR) is 44.4 cm³/mol. The molecule has 0 aromatic rings. The number of ether oxygens (including phenoxy) is 1. The Kier molecular flexibility index (Phi) is 2.55. The Hall–Kier alpha value is -0.0800. The Bertz CT molecular complexity index is 132. The van der Waals surface area contributed by atoms with Crippen LogP contribution in [0.15, 0.2) is 0 Å². The van der Waals surface area contributed by atoms with E-state index < -0.39 is 0 Å². The van der Waals surface area contributed by atoms with E-state index in [1.807, 2.05) is 6.92 Å². The van der Waals surface area contributed by atoms with Crippen molar-refractivity contribution in [3.8, 4) is 0 Å². The number of aliphatic hydroxyl groups is 1. The molecule has 1 aliphatic rings. The van der Waals surface area contributed by atoms with Crippen molar-refractivity contribution in [1.29, 1.82) is 0 Å². The van der Waals surface area contributed by atoms with Gasteiger partial charge in [-0.3, -0.25) is 0 Å². The van der Waals surface area contributed by atoms with Crippen molar-refractivity contribution in [2.45, 2.75) is 33.3 Å². The fraction of sp³-hybridized carbons (Fsp3) is 1.00. The molecule has 0 aromatic heterocycles. The smallest absolute Gasteiger partial charge is 0.0633 e. The molecule has 1 aliphatic carbocycles. The first kappa shape index (κ1) is 9.01. The number of aliphatic hydroxyl groups excluding tert-OH is 1. The van der Waals surface area contributed by atoms with Gasteiger partial charge in [0.1, 0.15) is 0 Å². The fourth-order valence-electron chi connectivity index (χ4n) is 1.76. The third-order valence-electron chi connectivity index (χ3n) is 2.97. The Balaban J connectivity index is 2.40. The van der Waals surface area contributed by atoms with E-state index in [0.29, 0.717) is 18.6 Å². The third-order valence-corrected chi connectivity index (χ3v) is 2.97. The molecule has 2 unspecified atom stereocenters. The summed E-state index contributed by atoms with van der Waals surface area (Å²) >= 11 is 0. The Morgan fingerprint density at radius 3 is 2.55 bits per heavy atom. The summed E-state index contributed by atoms with van der Waals surface area (Å²) < 4.78 is 5.51. The minimum atomic E-state index is 0.185. The largest absolute Gasteiger partial charge is 0.396 e. The number of hydrogen-bond donors (Lipinski definition) is 1. The van der Waals surface area contributed by atoms with Gasteiger partial charge >= 0.3 is 0 Å². The maximum Gasteiger partial charge on any atom is 0.0633 e. The van der Waals surface area contributed by atoms with Crippen molar-refractivity contribution in [2.24, 2.45) is 11.3 Å². The second kappa shape index (κ2) is 3.11. The highest BCUT2D eigenvalue weighted by molar-refractivity contribution is 4.97. The lowest BCUT2D eigenvalue weighted by atomic mass is 9.60. The van der Waals surface area contributed by atoms with Crippen LogP contribution in [-0.2, 0) is 4.74 Å². The van der Waals surface area contributed by atoms with Crippen LogP contribution >= 0.6 is 0 Å². The van der Waals surface area contributed by atoms with Gasteiger partial charge in [-0.2, -0.15) is 0 Å². The van der Waals surface area contributed by atoms with Crippen molar-refractivity contribution >= 4 is 0 Å². The Labute approximate surface area is 68.6 Å². The average molecular weight is 158 g/mol. The van der Waals surface area contributed by atoms with Crippen LogP contribution in [0, 0.1) is 11.3 Å². The zero-order valence-electron chi connectivity index (χ0n) is 7.63. The summed E-state index contributed by atoms with van der Waals surface area (Å²) in [5, 5.41) is 8.95. The van der Waals surface area contributed by atoms with Crippen LogP contribution in [0.2, 0.25) is 0 Å². The lowest BCUT2D eigenvalue weighted by Crippen LogP contribution is -2.52. The maximum absolute atomic E-state index is 8.95. The van der Waals surface area contributed by atoms with Gasteiger partial charge < -0.3 is 9.84 Å². The van der Waals surface area contributed by atoms with Gasteiger partial charge in [0.2, 0.25) is 0 Å². The second-order valence-corrected chi connectivity index (χ2v) is 3.88. The van der Waals surface area contributed by atoms with Gasteiger partial charge in [-0.05, 0) is 24.7 Å². The number of rotatable bonds is 3. The predicted octanol–water partition coefficient (Wildman–Crippen LogP) is 1.43. The van der Waals surface area contributed by atoms with Gasteiger partial charge in [0.05, 0.1) is 6.10 Å². The summed E-state index contributed by atoms with van der Waals surface area (Å²) in [7, 11) is 0. The van der Waals surface area contributed by atoms with Gasteiger partial charge in [0.15, 0.2) is 0 Å². The molecule has 1 N–H and O–H groups in total. The minimum absolute atomic E-state index is 0.185. The second-order valence-electron chi connectivity index (χ2n) is 3.88. The zero-order valence-corrected chi connectivity index (χ0v) is 7.63. The summed E-state index contributed by atoms with van der Waals surface area (Å²) in [4.78, 5) is 0. The van der Waals surface area contributed by atoms with E-state index in [2.05, 4.69) is 13.8 Å². The highest BCUT2D eigenvalue weighted by Crippen LogP contribution is 2.47. The first-order valence-electron chi connectivity index (χ1n) is 4.35. The highest BCUT2D eigenvalue weighted by Gasteiger charge is 2.48. The van der Waals surface area contributed by atoms with E-state index in [-0.39, 0.29) is 5.41 Å². The summed E-state index contributed by atoms with van der Waals surface area (Å²) in [6.45, 7) is 7.43. The molecule has 0 radical (unpaired) electrons. The highest BCUT2D eigenvalue weighted by atomic mass is 16.5. The van der Waals surface area contributed by atoms with Gasteiger partial charge in [-0.15, -0.1) is 0 Å². The van der Waals surface area contributed by atoms with E-state index in [0.717, 1.165) is 13.0 Å². The summed E-state index contributed by atoms with van der Waals surface area (Å²) in [6.07, 6.45) is 1.39. The van der Waals surface area contributed by atoms with Crippen LogP contribution in [0.4, 0.5) is 0 Å². The molecule has 0 aromatic carbocycles.